The summed E-state index contributed by atoms with van der Waals surface area (Å²) in [5, 5.41) is 4.39. The van der Waals surface area contributed by atoms with Crippen LogP contribution in [-0.2, 0) is 17.3 Å². The van der Waals surface area contributed by atoms with Gasteiger partial charge in [-0.1, -0.05) is 19.8 Å². The molecule has 23 heavy (non-hydrogen) atoms. The predicted molar refractivity (Wildman–Crippen MR) is 92.9 cm³/mol. The first kappa shape index (κ1) is 15.9. The summed E-state index contributed by atoms with van der Waals surface area (Å²) >= 11 is 0. The first-order chi connectivity index (χ1) is 11.1. The van der Waals surface area contributed by atoms with E-state index < -0.39 is 0 Å². The van der Waals surface area contributed by atoms with Crippen LogP contribution in [0.15, 0.2) is 24.4 Å². The number of carbonyl (C=O) groups is 1. The van der Waals surface area contributed by atoms with Crippen molar-refractivity contribution in [1.82, 2.24) is 9.88 Å². The van der Waals surface area contributed by atoms with Crippen LogP contribution in [0.4, 0.5) is 0 Å². The van der Waals surface area contributed by atoms with Crippen molar-refractivity contribution in [2.45, 2.75) is 44.4 Å². The number of amides is 1. The maximum Gasteiger partial charge on any atom is 0.219 e. The Balaban J connectivity index is 2.05. The zero-order valence-electron chi connectivity index (χ0n) is 14.3. The lowest BCUT2D eigenvalue weighted by Gasteiger charge is -2.29. The average molecular weight is 314 g/mol. The van der Waals surface area contributed by atoms with Crippen molar-refractivity contribution in [1.29, 1.82) is 0 Å². The fourth-order valence-corrected chi connectivity index (χ4v) is 3.91. The molecule has 1 aliphatic rings. The summed E-state index contributed by atoms with van der Waals surface area (Å²) in [7, 11) is 3.79. The number of rotatable bonds is 5. The summed E-state index contributed by atoms with van der Waals surface area (Å²) in [5.41, 5.74) is 2.62. The molecule has 4 nitrogen and oxygen atoms in total. The first-order valence-corrected chi connectivity index (χ1v) is 8.50. The smallest absolute Gasteiger partial charge is 0.219 e. The van der Waals surface area contributed by atoms with Crippen LogP contribution in [0.1, 0.15) is 44.6 Å². The molecule has 1 aromatic carbocycles. The van der Waals surface area contributed by atoms with E-state index in [9.17, 15) is 4.79 Å². The summed E-state index contributed by atoms with van der Waals surface area (Å²) in [6.07, 6.45) is 7.50. The molecule has 0 saturated heterocycles. The van der Waals surface area contributed by atoms with Crippen LogP contribution in [0, 0.1) is 0 Å². The van der Waals surface area contributed by atoms with Gasteiger partial charge in [-0.2, -0.15) is 0 Å². The maximum absolute atomic E-state index is 11.8. The Morgan fingerprint density at radius 2 is 2.09 bits per heavy atom. The van der Waals surface area contributed by atoms with Crippen LogP contribution in [-0.4, -0.2) is 24.1 Å². The average Bonchev–Trinajstić information content (AvgIpc) is 3.18. The second-order valence-electron chi connectivity index (χ2n) is 6.65. The molecule has 0 aliphatic heterocycles. The van der Waals surface area contributed by atoms with E-state index in [2.05, 4.69) is 35.3 Å². The van der Waals surface area contributed by atoms with E-state index in [0.29, 0.717) is 6.42 Å². The van der Waals surface area contributed by atoms with E-state index in [1.165, 1.54) is 29.3 Å². The van der Waals surface area contributed by atoms with Crippen LogP contribution in [0.5, 0.6) is 5.75 Å². The molecule has 2 aromatic rings. The van der Waals surface area contributed by atoms with Gasteiger partial charge in [0.15, 0.2) is 0 Å². The number of carbonyl (C=O) groups excluding carboxylic acids is 1. The van der Waals surface area contributed by atoms with Crippen molar-refractivity contribution in [2.24, 2.45) is 7.05 Å². The quantitative estimate of drug-likeness (QED) is 0.917. The summed E-state index contributed by atoms with van der Waals surface area (Å²) < 4.78 is 7.61. The van der Waals surface area contributed by atoms with E-state index in [1.807, 2.05) is 13.0 Å². The zero-order valence-corrected chi connectivity index (χ0v) is 14.3. The highest BCUT2D eigenvalue weighted by Gasteiger charge is 2.38. The van der Waals surface area contributed by atoms with Crippen LogP contribution < -0.4 is 10.1 Å². The number of benzene rings is 1. The molecule has 4 heteroatoms. The Hall–Kier alpha value is -1.97. The molecular formula is C19H26N2O2. The van der Waals surface area contributed by atoms with Crippen molar-refractivity contribution < 1.29 is 9.53 Å². The molecule has 1 aromatic heterocycles. The number of fused-ring (bicyclic) bond motifs is 1. The van der Waals surface area contributed by atoms with Crippen molar-refractivity contribution in [3.63, 3.8) is 0 Å². The first-order valence-electron chi connectivity index (χ1n) is 8.50. The highest BCUT2D eigenvalue weighted by molar-refractivity contribution is 5.87. The molecule has 1 N–H and O–H groups in total. The molecule has 3 rings (SSSR count). The highest BCUT2D eigenvalue weighted by Crippen LogP contribution is 2.44. The number of hydrogen-bond acceptors (Lipinski definition) is 2. The number of methoxy groups -OCH3 is 1. The van der Waals surface area contributed by atoms with Gasteiger partial charge in [0, 0.05) is 42.5 Å². The molecule has 0 atom stereocenters. The third-order valence-corrected chi connectivity index (χ3v) is 5.27. The van der Waals surface area contributed by atoms with Crippen LogP contribution in [0.25, 0.3) is 10.9 Å². The number of nitrogens with zero attached hydrogens (tertiary/aromatic N) is 1. The van der Waals surface area contributed by atoms with Gasteiger partial charge in [-0.25, -0.2) is 0 Å². The topological polar surface area (TPSA) is 43.3 Å². The van der Waals surface area contributed by atoms with Gasteiger partial charge in [0.25, 0.3) is 0 Å². The largest absolute Gasteiger partial charge is 0.497 e. The minimum atomic E-state index is 0.0523. The summed E-state index contributed by atoms with van der Waals surface area (Å²) in [4.78, 5) is 11.8. The maximum atomic E-state index is 11.8. The molecule has 0 spiro atoms. The molecule has 1 aliphatic carbocycles. The van der Waals surface area contributed by atoms with Crippen molar-refractivity contribution in [3.05, 3.63) is 30.0 Å². The number of aryl methyl sites for hydroxylation is 1. The van der Waals surface area contributed by atoms with Gasteiger partial charge in [0.05, 0.1) is 7.11 Å². The summed E-state index contributed by atoms with van der Waals surface area (Å²) in [6, 6.07) is 6.25. The molecule has 1 fully saturated rings. The molecule has 1 heterocycles. The van der Waals surface area contributed by atoms with Crippen LogP contribution in [0.2, 0.25) is 0 Å². The standard InChI is InChI=1S/C19H26N2O2/c1-4-18(22)20-13-19(9-5-6-10-19)16-12-21(2)17-8-7-14(23-3)11-15(16)17/h7-8,11-12H,4-6,9-10,13H2,1-3H3,(H,20,22). The number of nitrogens with one attached hydrogen (secondary N) is 1. The third-order valence-electron chi connectivity index (χ3n) is 5.27. The van der Waals surface area contributed by atoms with Crippen molar-refractivity contribution in [2.75, 3.05) is 13.7 Å². The SMILES string of the molecule is CCC(=O)NCC1(c2cn(C)c3ccc(OC)cc23)CCCC1. The van der Waals surface area contributed by atoms with E-state index in [-0.39, 0.29) is 11.3 Å². The zero-order chi connectivity index (χ0) is 16.4. The third kappa shape index (κ3) is 2.82. The van der Waals surface area contributed by atoms with Crippen LogP contribution >= 0.6 is 0 Å². The Labute approximate surface area is 137 Å². The van der Waals surface area contributed by atoms with Gasteiger partial charge in [0.2, 0.25) is 5.91 Å². The molecule has 1 saturated carbocycles. The summed E-state index contributed by atoms with van der Waals surface area (Å²) in [6.45, 7) is 2.63. The molecular weight excluding hydrogens is 288 g/mol. The fraction of sp³-hybridized carbons (Fsp3) is 0.526. The Morgan fingerprint density at radius 3 is 2.74 bits per heavy atom. The number of ether oxygens (including phenoxy) is 1. The second kappa shape index (κ2) is 6.26. The lowest BCUT2D eigenvalue weighted by Crippen LogP contribution is -2.38. The molecule has 0 bridgehead atoms. The van der Waals surface area contributed by atoms with Gasteiger partial charge >= 0.3 is 0 Å². The lowest BCUT2D eigenvalue weighted by molar-refractivity contribution is -0.121. The minimum absolute atomic E-state index is 0.0523. The monoisotopic (exact) mass is 314 g/mol. The highest BCUT2D eigenvalue weighted by atomic mass is 16.5. The van der Waals surface area contributed by atoms with E-state index >= 15 is 0 Å². The Kier molecular flexibility index (Phi) is 4.33. The molecule has 1 amide bonds. The van der Waals surface area contributed by atoms with Crippen molar-refractivity contribution in [3.8, 4) is 5.75 Å². The Morgan fingerprint density at radius 1 is 1.35 bits per heavy atom. The van der Waals surface area contributed by atoms with E-state index in [4.69, 9.17) is 4.74 Å². The van der Waals surface area contributed by atoms with E-state index in [1.54, 1.807) is 7.11 Å². The van der Waals surface area contributed by atoms with Gasteiger partial charge in [-0.3, -0.25) is 4.79 Å². The van der Waals surface area contributed by atoms with Crippen LogP contribution in [0.3, 0.4) is 0 Å². The van der Waals surface area contributed by atoms with Gasteiger partial charge < -0.3 is 14.6 Å². The summed E-state index contributed by atoms with van der Waals surface area (Å²) in [5.74, 6) is 1.02. The molecule has 124 valence electrons. The van der Waals surface area contributed by atoms with E-state index in [0.717, 1.165) is 25.1 Å². The van der Waals surface area contributed by atoms with Gasteiger partial charge in [0.1, 0.15) is 5.75 Å². The molecule has 0 unspecified atom stereocenters. The molecule has 0 radical (unpaired) electrons. The minimum Gasteiger partial charge on any atom is -0.497 e. The fourth-order valence-electron chi connectivity index (χ4n) is 3.91. The van der Waals surface area contributed by atoms with Gasteiger partial charge in [-0.05, 0) is 36.6 Å². The normalized spacial score (nSPS) is 16.7. The number of aromatic nitrogens is 1. The second-order valence-corrected chi connectivity index (χ2v) is 6.65. The Bertz CT molecular complexity index is 711. The van der Waals surface area contributed by atoms with Gasteiger partial charge in [-0.15, -0.1) is 0 Å². The predicted octanol–water partition coefficient (Wildman–Crippen LogP) is 3.52. The number of hydrogen-bond donors (Lipinski definition) is 1. The lowest BCUT2D eigenvalue weighted by atomic mass is 9.78. The van der Waals surface area contributed by atoms with Crippen molar-refractivity contribution >= 4 is 16.8 Å².